The highest BCUT2D eigenvalue weighted by Gasteiger charge is 2.12. The molecule has 0 saturated carbocycles. The summed E-state index contributed by atoms with van der Waals surface area (Å²) in [5, 5.41) is 10.3. The quantitative estimate of drug-likeness (QED) is 0.747. The predicted molar refractivity (Wildman–Crippen MR) is 65.9 cm³/mol. The Morgan fingerprint density at radius 3 is 2.25 bits per heavy atom. The van der Waals surface area contributed by atoms with Gasteiger partial charge >= 0.3 is 0 Å². The van der Waals surface area contributed by atoms with Crippen LogP contribution in [0.5, 0.6) is 0 Å². The summed E-state index contributed by atoms with van der Waals surface area (Å²) in [5.41, 5.74) is 0. The molecule has 2 N–H and O–H groups in total. The van der Waals surface area contributed by atoms with Gasteiger partial charge in [-0.05, 0) is 24.7 Å². The van der Waals surface area contributed by atoms with Gasteiger partial charge in [-0.15, -0.1) is 0 Å². The van der Waals surface area contributed by atoms with Gasteiger partial charge in [-0.1, -0.05) is 27.7 Å². The van der Waals surface area contributed by atoms with E-state index in [0.717, 1.165) is 24.2 Å². The second-order valence-corrected chi connectivity index (χ2v) is 5.27. The van der Waals surface area contributed by atoms with Crippen molar-refractivity contribution in [2.75, 3.05) is 0 Å². The molecule has 0 aliphatic rings. The Bertz CT molecular complexity index is 257. The molecule has 0 aliphatic carbocycles. The molecule has 0 spiro atoms. The van der Waals surface area contributed by atoms with Crippen LogP contribution in [0, 0.1) is 11.8 Å². The molecule has 0 bridgehead atoms. The first-order valence-electron chi connectivity index (χ1n) is 6.15. The van der Waals surface area contributed by atoms with E-state index >= 15 is 0 Å². The molecule has 0 radical (unpaired) electrons. The van der Waals surface area contributed by atoms with E-state index < -0.39 is 0 Å². The van der Waals surface area contributed by atoms with E-state index in [9.17, 15) is 0 Å². The van der Waals surface area contributed by atoms with Crippen molar-refractivity contribution >= 4 is 0 Å². The molecule has 0 aliphatic heterocycles. The van der Waals surface area contributed by atoms with Crippen molar-refractivity contribution in [1.82, 2.24) is 20.5 Å². The summed E-state index contributed by atoms with van der Waals surface area (Å²) in [7, 11) is 0. The predicted octanol–water partition coefficient (Wildman–Crippen LogP) is 2.36. The van der Waals surface area contributed by atoms with Gasteiger partial charge in [0.2, 0.25) is 0 Å². The molecule has 0 saturated heterocycles. The average Bonchev–Trinajstić information content (AvgIpc) is 2.64. The van der Waals surface area contributed by atoms with Crippen molar-refractivity contribution in [2.24, 2.45) is 11.8 Å². The van der Waals surface area contributed by atoms with E-state index in [1.165, 1.54) is 12.8 Å². The van der Waals surface area contributed by atoms with Gasteiger partial charge in [-0.3, -0.25) is 5.10 Å². The third kappa shape index (κ3) is 5.26. The first-order chi connectivity index (χ1) is 7.58. The molecule has 0 fully saturated rings. The lowest BCUT2D eigenvalue weighted by Gasteiger charge is -2.21. The molecule has 0 unspecified atom stereocenters. The number of nitrogens with one attached hydrogen (secondary N) is 2. The smallest absolute Gasteiger partial charge is 0.138 e. The molecule has 0 atom stereocenters. The van der Waals surface area contributed by atoms with Gasteiger partial charge in [0.1, 0.15) is 12.2 Å². The summed E-state index contributed by atoms with van der Waals surface area (Å²) in [6, 6.07) is 0.574. The Kier molecular flexibility index (Phi) is 5.46. The van der Waals surface area contributed by atoms with Gasteiger partial charge in [0.05, 0.1) is 6.54 Å². The maximum Gasteiger partial charge on any atom is 0.138 e. The van der Waals surface area contributed by atoms with E-state index in [4.69, 9.17) is 0 Å². The van der Waals surface area contributed by atoms with Crippen molar-refractivity contribution < 1.29 is 0 Å². The summed E-state index contributed by atoms with van der Waals surface area (Å²) >= 11 is 0. The average molecular weight is 224 g/mol. The topological polar surface area (TPSA) is 53.6 Å². The highest BCUT2D eigenvalue weighted by Crippen LogP contribution is 2.13. The summed E-state index contributed by atoms with van der Waals surface area (Å²) in [5.74, 6) is 2.37. The van der Waals surface area contributed by atoms with Crippen molar-refractivity contribution in [3.8, 4) is 0 Å². The zero-order valence-corrected chi connectivity index (χ0v) is 10.8. The fourth-order valence-corrected chi connectivity index (χ4v) is 1.96. The minimum atomic E-state index is 0.574. The molecular weight excluding hydrogens is 200 g/mol. The Balaban J connectivity index is 2.37. The van der Waals surface area contributed by atoms with Gasteiger partial charge in [0.25, 0.3) is 0 Å². The van der Waals surface area contributed by atoms with Gasteiger partial charge in [0, 0.05) is 6.04 Å². The number of nitrogens with zero attached hydrogens (tertiary/aromatic N) is 2. The Morgan fingerprint density at radius 1 is 1.19 bits per heavy atom. The lowest BCUT2D eigenvalue weighted by atomic mass is 9.95. The number of aromatic nitrogens is 3. The summed E-state index contributed by atoms with van der Waals surface area (Å²) in [6.45, 7) is 9.85. The molecule has 4 nitrogen and oxygen atoms in total. The highest BCUT2D eigenvalue weighted by molar-refractivity contribution is 4.81. The van der Waals surface area contributed by atoms with Crippen LogP contribution < -0.4 is 5.32 Å². The van der Waals surface area contributed by atoms with Gasteiger partial charge in [-0.2, -0.15) is 5.10 Å². The number of H-pyrrole nitrogens is 1. The zero-order valence-electron chi connectivity index (χ0n) is 10.8. The molecule has 1 aromatic rings. The maximum absolute atomic E-state index is 4.12. The molecule has 16 heavy (non-hydrogen) atoms. The van der Waals surface area contributed by atoms with Crippen LogP contribution in [0.2, 0.25) is 0 Å². The van der Waals surface area contributed by atoms with Crippen LogP contribution in [0.25, 0.3) is 0 Å². The Hall–Kier alpha value is -0.900. The molecule has 1 aromatic heterocycles. The van der Waals surface area contributed by atoms with Crippen LogP contribution in [-0.4, -0.2) is 21.2 Å². The van der Waals surface area contributed by atoms with Crippen LogP contribution in [-0.2, 0) is 6.54 Å². The maximum atomic E-state index is 4.12. The second kappa shape index (κ2) is 6.63. The van der Waals surface area contributed by atoms with Crippen molar-refractivity contribution in [2.45, 2.75) is 53.1 Å². The Labute approximate surface area is 98.2 Å². The van der Waals surface area contributed by atoms with E-state index in [0.29, 0.717) is 6.04 Å². The van der Waals surface area contributed by atoms with Crippen molar-refractivity contribution in [1.29, 1.82) is 0 Å². The van der Waals surface area contributed by atoms with Crippen LogP contribution in [0.3, 0.4) is 0 Å². The Morgan fingerprint density at radius 2 is 1.81 bits per heavy atom. The van der Waals surface area contributed by atoms with Crippen LogP contribution >= 0.6 is 0 Å². The van der Waals surface area contributed by atoms with Crippen molar-refractivity contribution in [3.63, 3.8) is 0 Å². The summed E-state index contributed by atoms with van der Waals surface area (Å²) < 4.78 is 0. The van der Waals surface area contributed by atoms with Crippen LogP contribution in [0.1, 0.15) is 46.4 Å². The normalized spacial score (nSPS) is 11.9. The van der Waals surface area contributed by atoms with E-state index in [1.807, 2.05) is 0 Å². The zero-order chi connectivity index (χ0) is 12.0. The number of rotatable bonds is 7. The fourth-order valence-electron chi connectivity index (χ4n) is 1.96. The number of hydrogen-bond donors (Lipinski definition) is 2. The minimum Gasteiger partial charge on any atom is -0.307 e. The first-order valence-corrected chi connectivity index (χ1v) is 6.15. The van der Waals surface area contributed by atoms with Gasteiger partial charge in [-0.25, -0.2) is 4.98 Å². The third-order valence-corrected chi connectivity index (χ3v) is 2.53. The number of hydrogen-bond acceptors (Lipinski definition) is 3. The van der Waals surface area contributed by atoms with Gasteiger partial charge < -0.3 is 5.32 Å². The van der Waals surface area contributed by atoms with E-state index in [1.54, 1.807) is 6.33 Å². The molecule has 92 valence electrons. The number of aromatic amines is 1. The van der Waals surface area contributed by atoms with Crippen LogP contribution in [0.4, 0.5) is 0 Å². The fraction of sp³-hybridized carbons (Fsp3) is 0.833. The molecule has 0 amide bonds. The van der Waals surface area contributed by atoms with Crippen molar-refractivity contribution in [3.05, 3.63) is 12.2 Å². The first kappa shape index (κ1) is 13.2. The van der Waals surface area contributed by atoms with E-state index in [2.05, 4.69) is 48.2 Å². The molecule has 4 heteroatoms. The molecular formula is C12H24N4. The lowest BCUT2D eigenvalue weighted by Crippen LogP contribution is -2.31. The van der Waals surface area contributed by atoms with Gasteiger partial charge in [0.15, 0.2) is 0 Å². The summed E-state index contributed by atoms with van der Waals surface area (Å²) in [6.07, 6.45) is 3.98. The van der Waals surface area contributed by atoms with Crippen LogP contribution in [0.15, 0.2) is 6.33 Å². The molecule has 1 heterocycles. The monoisotopic (exact) mass is 224 g/mol. The standard InChI is InChI=1S/C12H24N4/c1-9(2)5-11(6-10(3)4)13-7-12-14-8-15-16-12/h8-11,13H,5-7H2,1-4H3,(H,14,15,16). The molecule has 1 rings (SSSR count). The highest BCUT2D eigenvalue weighted by atomic mass is 15.2. The minimum absolute atomic E-state index is 0.574. The van der Waals surface area contributed by atoms with E-state index in [-0.39, 0.29) is 0 Å². The largest absolute Gasteiger partial charge is 0.307 e. The third-order valence-electron chi connectivity index (χ3n) is 2.53. The summed E-state index contributed by atoms with van der Waals surface area (Å²) in [4.78, 5) is 4.12. The lowest BCUT2D eigenvalue weighted by molar-refractivity contribution is 0.356. The molecule has 0 aromatic carbocycles. The SMILES string of the molecule is CC(C)CC(CC(C)C)NCc1ncn[nH]1. The second-order valence-electron chi connectivity index (χ2n) is 5.27.